The number of rotatable bonds is 0. The highest BCUT2D eigenvalue weighted by atomic mass is 16.5. The third-order valence-electron chi connectivity index (χ3n) is 2.03. The molecule has 0 radical (unpaired) electrons. The molecule has 0 unspecified atom stereocenters. The molecule has 12 heavy (non-hydrogen) atoms. The topological polar surface area (TPSA) is 41.8 Å². The minimum Gasteiger partial charge on any atom is -0.380 e. The molecule has 0 aliphatic carbocycles. The highest BCUT2D eigenvalue weighted by Crippen LogP contribution is 2.23. The Morgan fingerprint density at radius 2 is 2.08 bits per heavy atom. The number of hydrogen-bond donors (Lipinski definition) is 1. The summed E-state index contributed by atoms with van der Waals surface area (Å²) < 4.78 is 5.20. The fourth-order valence-electron chi connectivity index (χ4n) is 1.43. The van der Waals surface area contributed by atoms with Gasteiger partial charge in [-0.05, 0) is 12.1 Å². The van der Waals surface area contributed by atoms with Crippen LogP contribution < -0.4 is 0 Å². The van der Waals surface area contributed by atoms with Gasteiger partial charge in [-0.25, -0.2) is 5.16 Å². The van der Waals surface area contributed by atoms with Gasteiger partial charge in [0.05, 0.1) is 0 Å². The number of aromatic amines is 1. The first-order chi connectivity index (χ1) is 5.95. The third kappa shape index (κ3) is 0.580. The highest BCUT2D eigenvalue weighted by Gasteiger charge is 2.04. The summed E-state index contributed by atoms with van der Waals surface area (Å²) in [4.78, 5) is 4.21. The van der Waals surface area contributed by atoms with Crippen molar-refractivity contribution < 1.29 is 4.52 Å². The quantitative estimate of drug-likeness (QED) is 0.545. The number of nitrogens with one attached hydrogen (secondary N) is 1. The van der Waals surface area contributed by atoms with Crippen LogP contribution in [0, 0.1) is 0 Å². The molecule has 58 valence electrons. The number of benzene rings is 1. The maximum absolute atomic E-state index is 5.20. The molecule has 0 fully saturated rings. The predicted molar refractivity (Wildman–Crippen MR) is 45.9 cm³/mol. The minimum atomic E-state index is 0.831. The van der Waals surface area contributed by atoms with Crippen LogP contribution in [0.2, 0.25) is 0 Å². The molecule has 2 heterocycles. The predicted octanol–water partition coefficient (Wildman–Crippen LogP) is 2.31. The van der Waals surface area contributed by atoms with Crippen LogP contribution in [-0.4, -0.2) is 10.1 Å². The summed E-state index contributed by atoms with van der Waals surface area (Å²) in [5.74, 6) is 0. The normalized spacial score (nSPS) is 11.3. The maximum atomic E-state index is 5.20. The van der Waals surface area contributed by atoms with E-state index in [-0.39, 0.29) is 0 Å². The smallest absolute Gasteiger partial charge is 0.189 e. The molecule has 3 nitrogen and oxygen atoms in total. The molecule has 3 heteroatoms. The number of H-pyrrole nitrogens is 1. The summed E-state index contributed by atoms with van der Waals surface area (Å²) in [5, 5.41) is 4.88. The summed E-state index contributed by atoms with van der Waals surface area (Å²) in [6.45, 7) is 0. The Balaban J connectivity index is 2.71. The van der Waals surface area contributed by atoms with Crippen LogP contribution in [0.3, 0.4) is 0 Å². The van der Waals surface area contributed by atoms with Crippen LogP contribution in [0.4, 0.5) is 0 Å². The Labute approximate surface area is 68.0 Å². The summed E-state index contributed by atoms with van der Waals surface area (Å²) in [7, 11) is 0. The van der Waals surface area contributed by atoms with Gasteiger partial charge in [-0.2, -0.15) is 0 Å². The Kier molecular flexibility index (Phi) is 0.913. The zero-order chi connectivity index (χ0) is 7.97. The van der Waals surface area contributed by atoms with Gasteiger partial charge in [-0.15, -0.1) is 0 Å². The van der Waals surface area contributed by atoms with Crippen LogP contribution in [0.25, 0.3) is 21.9 Å². The van der Waals surface area contributed by atoms with E-state index in [1.54, 1.807) is 6.20 Å². The zero-order valence-corrected chi connectivity index (χ0v) is 6.24. The molecule has 0 aliphatic heterocycles. The van der Waals surface area contributed by atoms with E-state index in [9.17, 15) is 0 Å². The Morgan fingerprint density at radius 3 is 3.08 bits per heavy atom. The van der Waals surface area contributed by atoms with Gasteiger partial charge in [-0.1, -0.05) is 6.07 Å². The van der Waals surface area contributed by atoms with E-state index in [0.29, 0.717) is 0 Å². The van der Waals surface area contributed by atoms with Crippen molar-refractivity contribution in [3.8, 4) is 0 Å². The van der Waals surface area contributed by atoms with Crippen molar-refractivity contribution >= 4 is 21.9 Å². The van der Waals surface area contributed by atoms with Gasteiger partial charge in [0.1, 0.15) is 5.52 Å². The van der Waals surface area contributed by atoms with Crippen molar-refractivity contribution in [2.24, 2.45) is 0 Å². The summed E-state index contributed by atoms with van der Waals surface area (Å²) in [6.07, 6.45) is 3.61. The van der Waals surface area contributed by atoms with Gasteiger partial charge < -0.3 is 4.52 Å². The van der Waals surface area contributed by atoms with Crippen LogP contribution in [0.1, 0.15) is 0 Å². The molecule has 2 aromatic heterocycles. The van der Waals surface area contributed by atoms with E-state index in [1.165, 1.54) is 0 Å². The molecule has 1 N–H and O–H groups in total. The number of hydrogen-bond acceptors (Lipinski definition) is 2. The molecular formula is C9H6N2O. The zero-order valence-electron chi connectivity index (χ0n) is 6.24. The average Bonchev–Trinajstić information content (AvgIpc) is 2.71. The molecule has 0 saturated heterocycles. The molecule has 0 atom stereocenters. The van der Waals surface area contributed by atoms with Crippen molar-refractivity contribution in [2.75, 3.05) is 0 Å². The van der Waals surface area contributed by atoms with E-state index in [2.05, 4.69) is 10.1 Å². The van der Waals surface area contributed by atoms with Crippen molar-refractivity contribution in [3.63, 3.8) is 0 Å². The van der Waals surface area contributed by atoms with Crippen molar-refractivity contribution in [2.45, 2.75) is 0 Å². The van der Waals surface area contributed by atoms with Crippen LogP contribution in [0.5, 0.6) is 0 Å². The molecule has 0 spiro atoms. The number of fused-ring (bicyclic) bond motifs is 3. The molecule has 3 rings (SSSR count). The van der Waals surface area contributed by atoms with Gasteiger partial charge in [0.25, 0.3) is 0 Å². The monoisotopic (exact) mass is 158 g/mol. The first-order valence-electron chi connectivity index (χ1n) is 3.75. The molecule has 1 aromatic carbocycles. The lowest BCUT2D eigenvalue weighted by molar-refractivity contribution is 0.458. The fourth-order valence-corrected chi connectivity index (χ4v) is 1.43. The first-order valence-corrected chi connectivity index (χ1v) is 3.75. The summed E-state index contributed by atoms with van der Waals surface area (Å²) >= 11 is 0. The van der Waals surface area contributed by atoms with Crippen LogP contribution in [-0.2, 0) is 0 Å². The standard InChI is InChI=1S/C9H6N2O/c1-2-7-5-11-12-9(7)8-6(1)3-4-10-8/h1-5,11H. The number of nitrogens with zero attached hydrogens (tertiary/aromatic N) is 1. The van der Waals surface area contributed by atoms with Crippen LogP contribution >= 0.6 is 0 Å². The van der Waals surface area contributed by atoms with Gasteiger partial charge in [0, 0.05) is 23.2 Å². The molecule has 0 saturated carbocycles. The molecule has 0 amide bonds. The summed E-state index contributed by atoms with van der Waals surface area (Å²) in [5.41, 5.74) is 1.76. The molecule has 3 aromatic rings. The second-order valence-electron chi connectivity index (χ2n) is 2.73. The van der Waals surface area contributed by atoms with Gasteiger partial charge in [0.15, 0.2) is 5.58 Å². The lowest BCUT2D eigenvalue weighted by Crippen LogP contribution is -1.67. The Bertz CT molecular complexity index is 486. The number of aromatic nitrogens is 2. The molecule has 0 bridgehead atoms. The van der Waals surface area contributed by atoms with Gasteiger partial charge in [0.2, 0.25) is 0 Å². The van der Waals surface area contributed by atoms with E-state index >= 15 is 0 Å². The fraction of sp³-hybridized carbons (Fsp3) is 0. The SMILES string of the molecule is c1cc2ccc3c[nH]oc3c2n1. The van der Waals surface area contributed by atoms with Crippen LogP contribution in [0.15, 0.2) is 35.1 Å². The van der Waals surface area contributed by atoms with E-state index in [1.807, 2.05) is 24.4 Å². The third-order valence-corrected chi connectivity index (χ3v) is 2.03. The second-order valence-corrected chi connectivity index (χ2v) is 2.73. The molecular weight excluding hydrogens is 152 g/mol. The summed E-state index contributed by atoms with van der Waals surface area (Å²) in [6, 6.07) is 6.02. The van der Waals surface area contributed by atoms with Gasteiger partial charge in [-0.3, -0.25) is 4.98 Å². The minimum absolute atomic E-state index is 0.831. The van der Waals surface area contributed by atoms with E-state index in [4.69, 9.17) is 4.52 Å². The Morgan fingerprint density at radius 1 is 1.17 bits per heavy atom. The van der Waals surface area contributed by atoms with E-state index < -0.39 is 0 Å². The van der Waals surface area contributed by atoms with Gasteiger partial charge >= 0.3 is 0 Å². The van der Waals surface area contributed by atoms with Crippen molar-refractivity contribution in [1.29, 1.82) is 0 Å². The highest BCUT2D eigenvalue weighted by molar-refractivity contribution is 6.01. The lowest BCUT2D eigenvalue weighted by Gasteiger charge is -1.87. The van der Waals surface area contributed by atoms with Crippen molar-refractivity contribution in [1.82, 2.24) is 10.1 Å². The first kappa shape index (κ1) is 5.83. The lowest BCUT2D eigenvalue weighted by atomic mass is 10.2. The Hall–Kier alpha value is -1.77. The maximum Gasteiger partial charge on any atom is 0.189 e. The van der Waals surface area contributed by atoms with E-state index in [0.717, 1.165) is 21.9 Å². The second kappa shape index (κ2) is 1.88. The largest absolute Gasteiger partial charge is 0.380 e. The average molecular weight is 158 g/mol. The molecule has 0 aliphatic rings. The van der Waals surface area contributed by atoms with Crippen molar-refractivity contribution in [3.05, 3.63) is 30.6 Å².